The predicted molar refractivity (Wildman–Crippen MR) is 80.5 cm³/mol. The second-order valence-electron chi connectivity index (χ2n) is 6.04. The zero-order chi connectivity index (χ0) is 14.1. The van der Waals surface area contributed by atoms with Gasteiger partial charge in [0.2, 0.25) is 0 Å². The van der Waals surface area contributed by atoms with E-state index in [1.807, 2.05) is 22.6 Å². The largest absolute Gasteiger partial charge is 0.385 e. The molecule has 20 heavy (non-hydrogen) atoms. The molecular formula is C15H23N5. The summed E-state index contributed by atoms with van der Waals surface area (Å²) in [5.74, 6) is 2.42. The number of piperidine rings is 1. The molecule has 1 fully saturated rings. The molecule has 0 spiro atoms. The first-order valence-corrected chi connectivity index (χ1v) is 7.47. The Morgan fingerprint density at radius 3 is 2.70 bits per heavy atom. The summed E-state index contributed by atoms with van der Waals surface area (Å²) in [7, 11) is 0. The van der Waals surface area contributed by atoms with Crippen LogP contribution in [-0.4, -0.2) is 38.6 Å². The molecule has 0 unspecified atom stereocenters. The van der Waals surface area contributed by atoms with Crippen molar-refractivity contribution in [3.63, 3.8) is 0 Å². The highest BCUT2D eigenvalue weighted by Gasteiger charge is 2.22. The number of rotatable bonds is 3. The van der Waals surface area contributed by atoms with E-state index >= 15 is 0 Å². The van der Waals surface area contributed by atoms with E-state index in [0.29, 0.717) is 12.0 Å². The fraction of sp³-hybridized carbons (Fsp3) is 0.600. The molecule has 0 saturated carbocycles. The van der Waals surface area contributed by atoms with Crippen molar-refractivity contribution in [2.75, 3.05) is 18.8 Å². The van der Waals surface area contributed by atoms with Gasteiger partial charge in [0.1, 0.15) is 11.6 Å². The van der Waals surface area contributed by atoms with Crippen molar-refractivity contribution in [3.8, 4) is 0 Å². The lowest BCUT2D eigenvalue weighted by atomic mass is 9.92. The van der Waals surface area contributed by atoms with Gasteiger partial charge in [0.15, 0.2) is 5.65 Å². The normalized spacial score (nSPS) is 18.1. The third-order valence-electron chi connectivity index (χ3n) is 4.38. The van der Waals surface area contributed by atoms with Gasteiger partial charge in [0.05, 0.1) is 0 Å². The molecule has 1 saturated heterocycles. The maximum Gasteiger partial charge on any atom is 0.162 e. The topological polar surface area (TPSA) is 59.5 Å². The summed E-state index contributed by atoms with van der Waals surface area (Å²) in [5, 5.41) is 8.53. The molecule has 3 rings (SSSR count). The monoisotopic (exact) mass is 273 g/mol. The Morgan fingerprint density at radius 1 is 1.25 bits per heavy atom. The zero-order valence-electron chi connectivity index (χ0n) is 12.3. The van der Waals surface area contributed by atoms with Gasteiger partial charge in [-0.3, -0.25) is 4.40 Å². The molecule has 2 N–H and O–H groups in total. The van der Waals surface area contributed by atoms with Crippen LogP contribution in [0.15, 0.2) is 18.2 Å². The van der Waals surface area contributed by atoms with E-state index in [1.165, 1.54) is 25.9 Å². The molecule has 1 aliphatic heterocycles. The number of hydrogen-bond acceptors (Lipinski definition) is 4. The average molecular weight is 273 g/mol. The van der Waals surface area contributed by atoms with Crippen molar-refractivity contribution in [1.82, 2.24) is 19.5 Å². The summed E-state index contributed by atoms with van der Waals surface area (Å²) in [4.78, 5) is 2.55. The summed E-state index contributed by atoms with van der Waals surface area (Å²) >= 11 is 0. The lowest BCUT2D eigenvalue weighted by molar-refractivity contribution is 0.148. The lowest BCUT2D eigenvalue weighted by Crippen LogP contribution is -2.39. The van der Waals surface area contributed by atoms with Gasteiger partial charge in [0, 0.05) is 12.5 Å². The molecule has 0 aromatic carbocycles. The second kappa shape index (κ2) is 5.40. The van der Waals surface area contributed by atoms with E-state index < -0.39 is 0 Å². The summed E-state index contributed by atoms with van der Waals surface area (Å²) in [5.41, 5.74) is 6.89. The smallest absolute Gasteiger partial charge is 0.162 e. The highest BCUT2D eigenvalue weighted by Crippen LogP contribution is 2.23. The van der Waals surface area contributed by atoms with E-state index in [-0.39, 0.29) is 0 Å². The van der Waals surface area contributed by atoms with Crippen LogP contribution in [0, 0.1) is 5.92 Å². The molecular weight excluding hydrogens is 250 g/mol. The number of anilines is 1. The van der Waals surface area contributed by atoms with Crippen molar-refractivity contribution in [2.24, 2.45) is 5.92 Å². The van der Waals surface area contributed by atoms with E-state index in [4.69, 9.17) is 5.73 Å². The van der Waals surface area contributed by atoms with Gasteiger partial charge in [-0.15, -0.1) is 10.2 Å². The van der Waals surface area contributed by atoms with Gasteiger partial charge >= 0.3 is 0 Å². The van der Waals surface area contributed by atoms with E-state index in [1.54, 1.807) is 0 Å². The van der Waals surface area contributed by atoms with Crippen LogP contribution >= 0.6 is 0 Å². The summed E-state index contributed by atoms with van der Waals surface area (Å²) < 4.78 is 1.98. The van der Waals surface area contributed by atoms with Crippen LogP contribution < -0.4 is 5.73 Å². The minimum Gasteiger partial charge on any atom is -0.385 e. The Balaban J connectivity index is 1.72. The highest BCUT2D eigenvalue weighted by molar-refractivity contribution is 5.47. The van der Waals surface area contributed by atoms with Gasteiger partial charge in [-0.05, 0) is 57.8 Å². The number of pyridine rings is 1. The average Bonchev–Trinajstić information content (AvgIpc) is 2.84. The molecule has 0 amide bonds. The van der Waals surface area contributed by atoms with Crippen LogP contribution in [-0.2, 0) is 6.42 Å². The van der Waals surface area contributed by atoms with Crippen molar-refractivity contribution in [1.29, 1.82) is 0 Å². The Bertz CT molecular complexity index is 581. The third-order valence-corrected chi connectivity index (χ3v) is 4.38. The van der Waals surface area contributed by atoms with Crippen LogP contribution in [0.2, 0.25) is 0 Å². The third kappa shape index (κ3) is 2.50. The molecule has 3 heterocycles. The summed E-state index contributed by atoms with van der Waals surface area (Å²) in [6.07, 6.45) is 3.45. The van der Waals surface area contributed by atoms with E-state index in [2.05, 4.69) is 28.9 Å². The fourth-order valence-corrected chi connectivity index (χ4v) is 3.09. The predicted octanol–water partition coefficient (Wildman–Crippen LogP) is 1.97. The molecule has 1 aliphatic rings. The summed E-state index contributed by atoms with van der Waals surface area (Å²) in [6, 6.07) is 6.43. The maximum atomic E-state index is 6.04. The second-order valence-corrected chi connectivity index (χ2v) is 6.04. The first-order valence-electron chi connectivity index (χ1n) is 7.47. The standard InChI is InChI=1S/C15H23N5/c1-11(2)19-8-6-12(7-9-19)10-15-18-17-14-5-3-4-13(16)20(14)15/h3-5,11-12H,6-10,16H2,1-2H3. The molecule has 5 nitrogen and oxygen atoms in total. The minimum atomic E-state index is 0.653. The van der Waals surface area contributed by atoms with E-state index in [9.17, 15) is 0 Å². The van der Waals surface area contributed by atoms with Crippen LogP contribution in [0.5, 0.6) is 0 Å². The highest BCUT2D eigenvalue weighted by atomic mass is 15.3. The minimum absolute atomic E-state index is 0.653. The van der Waals surface area contributed by atoms with Crippen LogP contribution in [0.25, 0.3) is 5.65 Å². The van der Waals surface area contributed by atoms with Gasteiger partial charge in [-0.1, -0.05) is 6.07 Å². The van der Waals surface area contributed by atoms with Gasteiger partial charge in [-0.25, -0.2) is 0 Å². The quantitative estimate of drug-likeness (QED) is 0.929. The van der Waals surface area contributed by atoms with Crippen molar-refractivity contribution < 1.29 is 0 Å². The maximum absolute atomic E-state index is 6.04. The Morgan fingerprint density at radius 2 is 2.00 bits per heavy atom. The van der Waals surface area contributed by atoms with Crippen LogP contribution in [0.4, 0.5) is 5.82 Å². The van der Waals surface area contributed by atoms with Crippen molar-refractivity contribution in [3.05, 3.63) is 24.0 Å². The Labute approximate surface area is 119 Å². The number of nitrogens with zero attached hydrogens (tertiary/aromatic N) is 4. The molecule has 2 aromatic heterocycles. The van der Waals surface area contributed by atoms with Gasteiger partial charge < -0.3 is 10.6 Å². The molecule has 5 heteroatoms. The molecule has 0 radical (unpaired) electrons. The molecule has 0 atom stereocenters. The number of nitrogen functional groups attached to an aromatic ring is 1. The zero-order valence-corrected chi connectivity index (χ0v) is 12.3. The molecule has 0 aliphatic carbocycles. The van der Waals surface area contributed by atoms with Crippen molar-refractivity contribution in [2.45, 2.75) is 39.2 Å². The Kier molecular flexibility index (Phi) is 3.61. The molecule has 2 aromatic rings. The Hall–Kier alpha value is -1.62. The SMILES string of the molecule is CC(C)N1CCC(Cc2nnc3cccc(N)n23)CC1. The van der Waals surface area contributed by atoms with E-state index in [0.717, 1.165) is 23.7 Å². The summed E-state index contributed by atoms with van der Waals surface area (Å²) in [6.45, 7) is 6.92. The number of fused-ring (bicyclic) bond motifs is 1. The van der Waals surface area contributed by atoms with Gasteiger partial charge in [0.25, 0.3) is 0 Å². The molecule has 108 valence electrons. The van der Waals surface area contributed by atoms with Crippen molar-refractivity contribution >= 4 is 11.5 Å². The first kappa shape index (κ1) is 13.4. The van der Waals surface area contributed by atoms with Crippen LogP contribution in [0.3, 0.4) is 0 Å². The first-order chi connectivity index (χ1) is 9.65. The van der Waals surface area contributed by atoms with Gasteiger partial charge in [-0.2, -0.15) is 0 Å². The number of aromatic nitrogens is 3. The number of hydrogen-bond donors (Lipinski definition) is 1. The van der Waals surface area contributed by atoms with Crippen LogP contribution in [0.1, 0.15) is 32.5 Å². The number of likely N-dealkylation sites (tertiary alicyclic amines) is 1. The fourth-order valence-electron chi connectivity index (χ4n) is 3.09. The number of nitrogens with two attached hydrogens (primary N) is 1. The molecule has 0 bridgehead atoms. The lowest BCUT2D eigenvalue weighted by Gasteiger charge is -2.34.